The molecule has 3 rings (SSSR count). The largest absolute Gasteiger partial charge is 0.493 e. The summed E-state index contributed by atoms with van der Waals surface area (Å²) >= 11 is 0. The van der Waals surface area contributed by atoms with Crippen molar-refractivity contribution >= 4 is 17.5 Å². The van der Waals surface area contributed by atoms with Gasteiger partial charge in [-0.2, -0.15) is 0 Å². The smallest absolute Gasteiger partial charge is 0.272 e. The zero-order valence-electron chi connectivity index (χ0n) is 17.2. The summed E-state index contributed by atoms with van der Waals surface area (Å²) in [7, 11) is 4.73. The van der Waals surface area contributed by atoms with Gasteiger partial charge in [-0.25, -0.2) is 0 Å². The maximum Gasteiger partial charge on any atom is 0.272 e. The summed E-state index contributed by atoms with van der Waals surface area (Å²) in [5.41, 5.74) is 1.18. The summed E-state index contributed by atoms with van der Waals surface area (Å²) in [5.74, 6) is 0.974. The van der Waals surface area contributed by atoms with Crippen LogP contribution in [0.4, 0.5) is 5.69 Å². The number of rotatable bonds is 9. The van der Waals surface area contributed by atoms with Gasteiger partial charge >= 0.3 is 0 Å². The molecule has 0 fully saturated rings. The molecular formula is C22H25N3O5. The Labute approximate surface area is 174 Å². The van der Waals surface area contributed by atoms with Crippen LogP contribution in [0.25, 0.3) is 0 Å². The van der Waals surface area contributed by atoms with Crippen LogP contribution in [0.1, 0.15) is 33.0 Å². The highest BCUT2D eigenvalue weighted by Gasteiger charge is 2.19. The monoisotopic (exact) mass is 411 g/mol. The summed E-state index contributed by atoms with van der Waals surface area (Å²) in [6.45, 7) is 0.485. The Morgan fingerprint density at radius 3 is 2.57 bits per heavy atom. The molecule has 158 valence electrons. The van der Waals surface area contributed by atoms with Crippen LogP contribution in [0.15, 0.2) is 53.3 Å². The minimum atomic E-state index is -0.321. The van der Waals surface area contributed by atoms with Gasteiger partial charge in [0.25, 0.3) is 11.8 Å². The fraction of sp³-hybridized carbons (Fsp3) is 0.273. The van der Waals surface area contributed by atoms with E-state index < -0.39 is 0 Å². The molecule has 2 aromatic heterocycles. The molecule has 2 N–H and O–H groups in total. The molecule has 0 aliphatic rings. The van der Waals surface area contributed by atoms with E-state index in [1.165, 1.54) is 14.2 Å². The Morgan fingerprint density at radius 2 is 1.93 bits per heavy atom. The van der Waals surface area contributed by atoms with Gasteiger partial charge in [0, 0.05) is 31.8 Å². The molecule has 0 unspecified atom stereocenters. The number of ether oxygens (including phenoxy) is 2. The minimum Gasteiger partial charge on any atom is -0.493 e. The molecular weight excluding hydrogens is 386 g/mol. The Hall–Kier alpha value is -3.68. The third kappa shape index (κ3) is 4.83. The number of hydrogen-bond acceptors (Lipinski definition) is 5. The van der Waals surface area contributed by atoms with E-state index in [0.717, 1.165) is 18.6 Å². The van der Waals surface area contributed by atoms with Crippen LogP contribution in [-0.2, 0) is 13.5 Å². The van der Waals surface area contributed by atoms with Crippen molar-refractivity contribution in [2.75, 3.05) is 26.1 Å². The Balaban J connectivity index is 1.74. The highest BCUT2D eigenvalue weighted by molar-refractivity contribution is 6.05. The number of methoxy groups -OCH3 is 2. The molecule has 0 radical (unpaired) electrons. The number of carbonyl (C=O) groups excluding carboxylic acids is 2. The first-order valence-electron chi connectivity index (χ1n) is 9.52. The summed E-state index contributed by atoms with van der Waals surface area (Å²) in [4.78, 5) is 25.3. The topological polar surface area (TPSA) is 94.7 Å². The molecule has 0 aliphatic carbocycles. The summed E-state index contributed by atoms with van der Waals surface area (Å²) < 4.78 is 17.8. The number of nitrogens with one attached hydrogen (secondary N) is 2. The zero-order valence-corrected chi connectivity index (χ0v) is 17.2. The van der Waals surface area contributed by atoms with Crippen molar-refractivity contribution in [3.05, 3.63) is 65.9 Å². The second-order valence-electron chi connectivity index (χ2n) is 6.66. The van der Waals surface area contributed by atoms with Gasteiger partial charge in [0.05, 0.1) is 26.2 Å². The molecule has 8 nitrogen and oxygen atoms in total. The number of aromatic nitrogens is 1. The predicted molar refractivity (Wildman–Crippen MR) is 112 cm³/mol. The van der Waals surface area contributed by atoms with Crippen molar-refractivity contribution < 1.29 is 23.5 Å². The van der Waals surface area contributed by atoms with Crippen LogP contribution < -0.4 is 20.1 Å². The average molecular weight is 411 g/mol. The molecule has 0 saturated carbocycles. The second-order valence-corrected chi connectivity index (χ2v) is 6.66. The van der Waals surface area contributed by atoms with Crippen LogP contribution in [-0.4, -0.2) is 37.1 Å². The Kier molecular flexibility index (Phi) is 6.79. The molecule has 0 bridgehead atoms. The molecule has 2 heterocycles. The number of anilines is 1. The Bertz CT molecular complexity index is 1010. The van der Waals surface area contributed by atoms with Crippen LogP contribution in [0.5, 0.6) is 11.5 Å². The molecule has 0 spiro atoms. The van der Waals surface area contributed by atoms with Crippen LogP contribution in [0.3, 0.4) is 0 Å². The standard InChI is InChI=1S/C22H25N3O5/c1-25-11-5-9-18(25)22(27)24-17-13-15(14-19(28-2)20(17)29-3)21(26)23-10-4-7-16-8-6-12-30-16/h5-6,8-9,11-14H,4,7,10H2,1-3H3,(H,23,26)(H,24,27). The van der Waals surface area contributed by atoms with E-state index in [9.17, 15) is 9.59 Å². The van der Waals surface area contributed by atoms with Gasteiger partial charge in [-0.05, 0) is 42.8 Å². The predicted octanol–water partition coefficient (Wildman–Crippen LogP) is 3.25. The van der Waals surface area contributed by atoms with Gasteiger partial charge in [-0.3, -0.25) is 9.59 Å². The number of amides is 2. The lowest BCUT2D eigenvalue weighted by Crippen LogP contribution is -2.25. The van der Waals surface area contributed by atoms with E-state index in [4.69, 9.17) is 13.9 Å². The van der Waals surface area contributed by atoms with Gasteiger partial charge in [0.2, 0.25) is 0 Å². The number of hydrogen-bond donors (Lipinski definition) is 2. The number of furan rings is 1. The first-order chi connectivity index (χ1) is 14.5. The van der Waals surface area contributed by atoms with E-state index in [1.54, 1.807) is 48.3 Å². The molecule has 0 atom stereocenters. The zero-order chi connectivity index (χ0) is 21.5. The maximum absolute atomic E-state index is 12.6. The van der Waals surface area contributed by atoms with Gasteiger partial charge in [0.15, 0.2) is 11.5 Å². The van der Waals surface area contributed by atoms with Gasteiger partial charge in [-0.15, -0.1) is 0 Å². The van der Waals surface area contributed by atoms with Crippen molar-refractivity contribution in [3.63, 3.8) is 0 Å². The van der Waals surface area contributed by atoms with Crippen LogP contribution in [0.2, 0.25) is 0 Å². The Morgan fingerprint density at radius 1 is 1.10 bits per heavy atom. The van der Waals surface area contributed by atoms with Crippen LogP contribution in [0, 0.1) is 0 Å². The van der Waals surface area contributed by atoms with Gasteiger partial charge in [-0.1, -0.05) is 0 Å². The molecule has 1 aromatic carbocycles. The van der Waals surface area contributed by atoms with Crippen molar-refractivity contribution in [2.45, 2.75) is 12.8 Å². The average Bonchev–Trinajstić information content (AvgIpc) is 3.41. The molecule has 2 amide bonds. The van der Waals surface area contributed by atoms with E-state index in [2.05, 4.69) is 10.6 Å². The van der Waals surface area contributed by atoms with Crippen molar-refractivity contribution in [1.82, 2.24) is 9.88 Å². The molecule has 30 heavy (non-hydrogen) atoms. The number of aryl methyl sites for hydroxylation is 2. The van der Waals surface area contributed by atoms with Gasteiger partial charge in [0.1, 0.15) is 11.5 Å². The SMILES string of the molecule is COc1cc(C(=O)NCCCc2ccco2)cc(NC(=O)c2cccn2C)c1OC. The van der Waals surface area contributed by atoms with Gasteiger partial charge < -0.3 is 29.1 Å². The van der Waals surface area contributed by atoms with Crippen molar-refractivity contribution in [1.29, 1.82) is 0 Å². The lowest BCUT2D eigenvalue weighted by molar-refractivity contribution is 0.0951. The molecule has 8 heteroatoms. The van der Waals surface area contributed by atoms with E-state index in [1.807, 2.05) is 12.1 Å². The number of carbonyl (C=O) groups is 2. The molecule has 3 aromatic rings. The maximum atomic E-state index is 12.6. The normalized spacial score (nSPS) is 10.5. The highest BCUT2D eigenvalue weighted by atomic mass is 16.5. The molecule has 0 aliphatic heterocycles. The van der Waals surface area contributed by atoms with Crippen LogP contribution >= 0.6 is 0 Å². The van der Waals surface area contributed by atoms with Crippen molar-refractivity contribution in [2.24, 2.45) is 7.05 Å². The summed E-state index contributed by atoms with van der Waals surface area (Å²) in [6.07, 6.45) is 4.88. The second kappa shape index (κ2) is 9.69. The fourth-order valence-electron chi connectivity index (χ4n) is 3.09. The van der Waals surface area contributed by atoms with E-state index in [-0.39, 0.29) is 11.8 Å². The third-order valence-corrected chi connectivity index (χ3v) is 4.63. The summed E-state index contributed by atoms with van der Waals surface area (Å²) in [6, 6.07) is 10.4. The quantitative estimate of drug-likeness (QED) is 0.527. The van der Waals surface area contributed by atoms with E-state index >= 15 is 0 Å². The lowest BCUT2D eigenvalue weighted by atomic mass is 10.1. The number of nitrogens with zero attached hydrogens (tertiary/aromatic N) is 1. The third-order valence-electron chi connectivity index (χ3n) is 4.63. The van der Waals surface area contributed by atoms with Crippen molar-refractivity contribution in [3.8, 4) is 11.5 Å². The van der Waals surface area contributed by atoms with E-state index in [0.29, 0.717) is 35.0 Å². The highest BCUT2D eigenvalue weighted by Crippen LogP contribution is 2.37. The lowest BCUT2D eigenvalue weighted by Gasteiger charge is -2.16. The first kappa shape index (κ1) is 21.0. The minimum absolute atomic E-state index is 0.273. The molecule has 0 saturated heterocycles. The fourth-order valence-corrected chi connectivity index (χ4v) is 3.09. The summed E-state index contributed by atoms with van der Waals surface area (Å²) in [5, 5.41) is 5.68. The first-order valence-corrected chi connectivity index (χ1v) is 9.52. The number of benzene rings is 1.